The van der Waals surface area contributed by atoms with E-state index in [2.05, 4.69) is 15.6 Å². The Morgan fingerprint density at radius 2 is 1.69 bits per heavy atom. The van der Waals surface area contributed by atoms with Gasteiger partial charge in [-0.05, 0) is 25.0 Å². The van der Waals surface area contributed by atoms with Crippen molar-refractivity contribution in [1.29, 1.82) is 0 Å². The van der Waals surface area contributed by atoms with Gasteiger partial charge in [0.1, 0.15) is 6.54 Å². The molecule has 1 heterocycles. The maximum absolute atomic E-state index is 12.1. The fraction of sp³-hybridized carbons (Fsp3) is 0.471. The van der Waals surface area contributed by atoms with E-state index in [0.29, 0.717) is 31.1 Å². The summed E-state index contributed by atoms with van der Waals surface area (Å²) < 4.78 is 1.79. The van der Waals surface area contributed by atoms with Crippen molar-refractivity contribution in [3.63, 3.8) is 0 Å². The number of rotatable bonds is 11. The van der Waals surface area contributed by atoms with Crippen LogP contribution in [0.2, 0.25) is 0 Å². The maximum Gasteiger partial charge on any atom is 0.240 e. The van der Waals surface area contributed by atoms with Crippen LogP contribution in [0.3, 0.4) is 0 Å². The molecule has 2 amide bonds. The van der Waals surface area contributed by atoms with Gasteiger partial charge in [-0.15, -0.1) is 0 Å². The van der Waals surface area contributed by atoms with E-state index in [9.17, 15) is 9.59 Å². The van der Waals surface area contributed by atoms with E-state index in [-0.39, 0.29) is 37.3 Å². The Balaban J connectivity index is 2.05. The van der Waals surface area contributed by atoms with E-state index in [1.54, 1.807) is 4.57 Å². The standard InChI is InChI=1S/C17H24N4O4S/c22-9-3-7-18-15(24)11-21-14-6-2-1-5-13(14)20-17(21)26-12-16(25)19-8-4-10-23/h1-2,5-6,22-23H,3-4,7-12H2,(H,18,24)(H,19,25). The highest BCUT2D eigenvalue weighted by atomic mass is 32.2. The van der Waals surface area contributed by atoms with E-state index in [0.717, 1.165) is 11.0 Å². The van der Waals surface area contributed by atoms with Gasteiger partial charge in [0, 0.05) is 26.3 Å². The lowest BCUT2D eigenvalue weighted by atomic mass is 10.3. The Bertz CT molecular complexity index is 735. The van der Waals surface area contributed by atoms with Crippen LogP contribution in [0.25, 0.3) is 11.0 Å². The number of nitrogens with zero attached hydrogens (tertiary/aromatic N) is 2. The minimum atomic E-state index is -0.171. The van der Waals surface area contributed by atoms with Gasteiger partial charge in [0.15, 0.2) is 5.16 Å². The quantitative estimate of drug-likeness (QED) is 0.325. The Kier molecular flexibility index (Phi) is 8.39. The summed E-state index contributed by atoms with van der Waals surface area (Å²) in [4.78, 5) is 28.5. The van der Waals surface area contributed by atoms with Crippen LogP contribution in [-0.4, -0.2) is 63.6 Å². The number of nitrogens with one attached hydrogen (secondary N) is 2. The highest BCUT2D eigenvalue weighted by Crippen LogP contribution is 2.23. The number of para-hydroxylation sites is 2. The molecule has 1 aromatic heterocycles. The lowest BCUT2D eigenvalue weighted by Crippen LogP contribution is -2.29. The van der Waals surface area contributed by atoms with Gasteiger partial charge < -0.3 is 25.4 Å². The fourth-order valence-electron chi connectivity index (χ4n) is 2.31. The van der Waals surface area contributed by atoms with Crippen molar-refractivity contribution in [1.82, 2.24) is 20.2 Å². The van der Waals surface area contributed by atoms with Crippen LogP contribution in [0.5, 0.6) is 0 Å². The molecule has 8 nitrogen and oxygen atoms in total. The number of aromatic nitrogens is 2. The summed E-state index contributed by atoms with van der Waals surface area (Å²) in [5.41, 5.74) is 1.59. The van der Waals surface area contributed by atoms with Crippen molar-refractivity contribution in [2.24, 2.45) is 0 Å². The number of carbonyl (C=O) groups excluding carboxylic acids is 2. The third-order valence-corrected chi connectivity index (χ3v) is 4.54. The molecule has 0 aliphatic rings. The van der Waals surface area contributed by atoms with E-state index in [4.69, 9.17) is 10.2 Å². The van der Waals surface area contributed by atoms with Gasteiger partial charge in [0.05, 0.1) is 16.8 Å². The van der Waals surface area contributed by atoms with Crippen molar-refractivity contribution < 1.29 is 19.8 Å². The number of fused-ring (bicyclic) bond motifs is 1. The second kappa shape index (κ2) is 10.8. The first-order valence-electron chi connectivity index (χ1n) is 8.49. The Hall–Kier alpha value is -2.10. The van der Waals surface area contributed by atoms with Crippen LogP contribution in [0.1, 0.15) is 12.8 Å². The van der Waals surface area contributed by atoms with E-state index >= 15 is 0 Å². The zero-order valence-corrected chi connectivity index (χ0v) is 15.3. The second-order valence-electron chi connectivity index (χ2n) is 5.61. The molecule has 0 fully saturated rings. The third-order valence-electron chi connectivity index (χ3n) is 3.57. The van der Waals surface area contributed by atoms with Crippen molar-refractivity contribution in [3.05, 3.63) is 24.3 Å². The molecule has 142 valence electrons. The fourth-order valence-corrected chi connectivity index (χ4v) is 3.15. The molecule has 0 atom stereocenters. The Morgan fingerprint density at radius 3 is 2.38 bits per heavy atom. The molecule has 4 N–H and O–H groups in total. The summed E-state index contributed by atoms with van der Waals surface area (Å²) in [6, 6.07) is 7.49. The molecule has 0 aliphatic heterocycles. The highest BCUT2D eigenvalue weighted by Gasteiger charge is 2.15. The molecule has 0 bridgehead atoms. The van der Waals surface area contributed by atoms with Gasteiger partial charge in [-0.3, -0.25) is 9.59 Å². The number of hydrogen-bond donors (Lipinski definition) is 4. The van der Waals surface area contributed by atoms with Crippen molar-refractivity contribution in [3.8, 4) is 0 Å². The third kappa shape index (κ3) is 6.01. The minimum absolute atomic E-state index is 0.0286. The molecule has 9 heteroatoms. The monoisotopic (exact) mass is 380 g/mol. The predicted molar refractivity (Wildman–Crippen MR) is 99.9 cm³/mol. The lowest BCUT2D eigenvalue weighted by Gasteiger charge is -2.09. The van der Waals surface area contributed by atoms with E-state index in [1.807, 2.05) is 24.3 Å². The molecule has 0 saturated heterocycles. The normalized spacial score (nSPS) is 10.8. The largest absolute Gasteiger partial charge is 0.396 e. The first-order valence-corrected chi connectivity index (χ1v) is 9.47. The molecule has 0 radical (unpaired) electrons. The molecule has 0 saturated carbocycles. The van der Waals surface area contributed by atoms with Crippen LogP contribution in [-0.2, 0) is 16.1 Å². The number of hydrogen-bond acceptors (Lipinski definition) is 6. The molecular formula is C17H24N4O4S. The van der Waals surface area contributed by atoms with Crippen LogP contribution in [0.15, 0.2) is 29.4 Å². The van der Waals surface area contributed by atoms with Crippen LogP contribution in [0, 0.1) is 0 Å². The molecule has 26 heavy (non-hydrogen) atoms. The average Bonchev–Trinajstić information content (AvgIpc) is 2.98. The molecular weight excluding hydrogens is 356 g/mol. The first kappa shape index (κ1) is 20.2. The summed E-state index contributed by atoms with van der Waals surface area (Å²) in [6.45, 7) is 1.01. The Labute approximate surface area is 156 Å². The highest BCUT2D eigenvalue weighted by molar-refractivity contribution is 7.99. The SMILES string of the molecule is O=C(CSc1nc2ccccc2n1CC(=O)NCCCO)NCCCO. The summed E-state index contributed by atoms with van der Waals surface area (Å²) in [6.07, 6.45) is 1.02. The first-order chi connectivity index (χ1) is 12.7. The number of thioether (sulfide) groups is 1. The van der Waals surface area contributed by atoms with Gasteiger partial charge >= 0.3 is 0 Å². The van der Waals surface area contributed by atoms with Crippen molar-refractivity contribution in [2.75, 3.05) is 32.1 Å². The number of amides is 2. The minimum Gasteiger partial charge on any atom is -0.396 e. The Morgan fingerprint density at radius 1 is 1.04 bits per heavy atom. The number of aliphatic hydroxyl groups excluding tert-OH is 2. The van der Waals surface area contributed by atoms with E-state index < -0.39 is 0 Å². The molecule has 1 aromatic carbocycles. The molecule has 2 rings (SSSR count). The number of aliphatic hydroxyl groups is 2. The number of imidazole rings is 1. The van der Waals surface area contributed by atoms with Gasteiger partial charge in [0.2, 0.25) is 11.8 Å². The number of carbonyl (C=O) groups is 2. The summed E-state index contributed by atoms with van der Waals surface area (Å²) in [7, 11) is 0. The van der Waals surface area contributed by atoms with Crippen LogP contribution in [0.4, 0.5) is 0 Å². The van der Waals surface area contributed by atoms with Crippen LogP contribution >= 0.6 is 11.8 Å². The zero-order chi connectivity index (χ0) is 18.8. The lowest BCUT2D eigenvalue weighted by molar-refractivity contribution is -0.121. The predicted octanol–water partition coefficient (Wildman–Crippen LogP) is 0.126. The zero-order valence-electron chi connectivity index (χ0n) is 14.5. The topological polar surface area (TPSA) is 116 Å². The van der Waals surface area contributed by atoms with Gasteiger partial charge in [-0.1, -0.05) is 23.9 Å². The van der Waals surface area contributed by atoms with Crippen molar-refractivity contribution >= 4 is 34.6 Å². The molecule has 2 aromatic rings. The summed E-state index contributed by atoms with van der Waals surface area (Å²) in [5, 5.41) is 23.6. The van der Waals surface area contributed by atoms with Crippen molar-refractivity contribution in [2.45, 2.75) is 24.5 Å². The second-order valence-corrected chi connectivity index (χ2v) is 6.55. The molecule has 0 aliphatic carbocycles. The van der Waals surface area contributed by atoms with Gasteiger partial charge in [0.25, 0.3) is 0 Å². The van der Waals surface area contributed by atoms with Crippen LogP contribution < -0.4 is 10.6 Å². The molecule has 0 unspecified atom stereocenters. The molecule has 0 spiro atoms. The summed E-state index contributed by atoms with van der Waals surface area (Å²) in [5.74, 6) is -0.133. The smallest absolute Gasteiger partial charge is 0.240 e. The maximum atomic E-state index is 12.1. The average molecular weight is 380 g/mol. The van der Waals surface area contributed by atoms with Gasteiger partial charge in [-0.2, -0.15) is 0 Å². The number of benzene rings is 1. The van der Waals surface area contributed by atoms with Gasteiger partial charge in [-0.25, -0.2) is 4.98 Å². The summed E-state index contributed by atoms with van der Waals surface area (Å²) >= 11 is 1.27. The van der Waals surface area contributed by atoms with E-state index in [1.165, 1.54) is 11.8 Å².